The van der Waals surface area contributed by atoms with E-state index in [1.807, 2.05) is 13.8 Å². The van der Waals surface area contributed by atoms with Crippen molar-refractivity contribution in [1.82, 2.24) is 15.1 Å². The van der Waals surface area contributed by atoms with Gasteiger partial charge in [0.2, 0.25) is 0 Å². The molecule has 0 aliphatic heterocycles. The van der Waals surface area contributed by atoms with Crippen molar-refractivity contribution in [2.24, 2.45) is 13.0 Å². The molecule has 0 radical (unpaired) electrons. The Morgan fingerprint density at radius 3 is 2.46 bits per heavy atom. The molecule has 128 valence electrons. The minimum Gasteiger partial charge on any atom is -0.479 e. The van der Waals surface area contributed by atoms with E-state index in [-0.39, 0.29) is 5.69 Å². The first-order valence-corrected chi connectivity index (χ1v) is 7.60. The molecule has 0 spiro atoms. The maximum Gasteiger partial charge on any atom is 0.330 e. The standard InChI is InChI=1S/C17H20FN3O3/c1-10(2)8-13-9-14(21(3)20-13)16(22)19-15(17(23)24)11-4-6-12(18)7-5-11/h4-7,9-10,15H,8H2,1-3H3,(H,19,22)(H,23,24). The third-order valence-corrected chi connectivity index (χ3v) is 3.51. The molecule has 1 aromatic heterocycles. The van der Waals surface area contributed by atoms with Gasteiger partial charge in [0.15, 0.2) is 6.04 Å². The van der Waals surface area contributed by atoms with Crippen molar-refractivity contribution < 1.29 is 19.1 Å². The number of benzene rings is 1. The van der Waals surface area contributed by atoms with Crippen LogP contribution in [0.5, 0.6) is 0 Å². The van der Waals surface area contributed by atoms with Crippen LogP contribution in [0.1, 0.15) is 41.6 Å². The normalized spacial score (nSPS) is 12.2. The summed E-state index contributed by atoms with van der Waals surface area (Å²) in [5.74, 6) is -1.85. The van der Waals surface area contributed by atoms with Crippen LogP contribution >= 0.6 is 0 Å². The number of halogens is 1. The molecule has 2 rings (SSSR count). The Hall–Kier alpha value is -2.70. The molecule has 1 heterocycles. The van der Waals surface area contributed by atoms with Crippen molar-refractivity contribution >= 4 is 11.9 Å². The van der Waals surface area contributed by atoms with Gasteiger partial charge < -0.3 is 10.4 Å². The van der Waals surface area contributed by atoms with Gasteiger partial charge in [-0.2, -0.15) is 5.10 Å². The topological polar surface area (TPSA) is 84.2 Å². The number of carboxylic acids is 1. The smallest absolute Gasteiger partial charge is 0.330 e. The van der Waals surface area contributed by atoms with Crippen LogP contribution in [0, 0.1) is 11.7 Å². The van der Waals surface area contributed by atoms with E-state index in [1.54, 1.807) is 13.1 Å². The van der Waals surface area contributed by atoms with Gasteiger partial charge in [-0.1, -0.05) is 26.0 Å². The number of nitrogens with one attached hydrogen (secondary N) is 1. The Balaban J connectivity index is 2.21. The van der Waals surface area contributed by atoms with Gasteiger partial charge in [0.25, 0.3) is 5.91 Å². The number of carboxylic acid groups (broad SMARTS) is 1. The lowest BCUT2D eigenvalue weighted by Gasteiger charge is -2.14. The molecule has 6 nitrogen and oxygen atoms in total. The fourth-order valence-corrected chi connectivity index (χ4v) is 2.41. The van der Waals surface area contributed by atoms with E-state index in [2.05, 4.69) is 10.4 Å². The fraction of sp³-hybridized carbons (Fsp3) is 0.353. The second-order valence-electron chi connectivity index (χ2n) is 6.04. The van der Waals surface area contributed by atoms with Crippen LogP contribution in [0.2, 0.25) is 0 Å². The third kappa shape index (κ3) is 4.18. The zero-order valence-electron chi connectivity index (χ0n) is 13.8. The van der Waals surface area contributed by atoms with E-state index < -0.39 is 23.7 Å². The van der Waals surface area contributed by atoms with Crippen LogP contribution in [-0.4, -0.2) is 26.8 Å². The Morgan fingerprint density at radius 2 is 1.92 bits per heavy atom. The minimum absolute atomic E-state index is 0.277. The number of hydrogen-bond acceptors (Lipinski definition) is 3. The highest BCUT2D eigenvalue weighted by atomic mass is 19.1. The summed E-state index contributed by atoms with van der Waals surface area (Å²) in [6.07, 6.45) is 0.724. The van der Waals surface area contributed by atoms with Gasteiger partial charge in [-0.15, -0.1) is 0 Å². The lowest BCUT2D eigenvalue weighted by molar-refractivity contribution is -0.139. The Bertz CT molecular complexity index is 738. The number of rotatable bonds is 6. The van der Waals surface area contributed by atoms with Crippen molar-refractivity contribution in [3.05, 3.63) is 53.1 Å². The Labute approximate surface area is 139 Å². The van der Waals surface area contributed by atoms with E-state index in [1.165, 1.54) is 16.8 Å². The van der Waals surface area contributed by atoms with E-state index in [4.69, 9.17) is 0 Å². The van der Waals surface area contributed by atoms with Crippen LogP contribution in [0.3, 0.4) is 0 Å². The molecule has 2 aromatic rings. The predicted molar refractivity (Wildman–Crippen MR) is 86.0 cm³/mol. The van der Waals surface area contributed by atoms with Gasteiger partial charge >= 0.3 is 5.97 Å². The first kappa shape index (κ1) is 17.7. The van der Waals surface area contributed by atoms with Crippen molar-refractivity contribution in [2.75, 3.05) is 0 Å². The zero-order valence-corrected chi connectivity index (χ0v) is 13.8. The van der Waals surface area contributed by atoms with E-state index in [0.717, 1.165) is 24.2 Å². The third-order valence-electron chi connectivity index (χ3n) is 3.51. The quantitative estimate of drug-likeness (QED) is 0.850. The van der Waals surface area contributed by atoms with Crippen molar-refractivity contribution in [2.45, 2.75) is 26.3 Å². The number of nitrogens with zero attached hydrogens (tertiary/aromatic N) is 2. The second-order valence-corrected chi connectivity index (χ2v) is 6.04. The average Bonchev–Trinajstić information content (AvgIpc) is 2.85. The molecule has 1 amide bonds. The van der Waals surface area contributed by atoms with Gasteiger partial charge in [0, 0.05) is 7.05 Å². The van der Waals surface area contributed by atoms with Gasteiger partial charge in [-0.05, 0) is 36.1 Å². The number of hydrogen-bond donors (Lipinski definition) is 2. The van der Waals surface area contributed by atoms with Crippen LogP contribution in [0.4, 0.5) is 4.39 Å². The summed E-state index contributed by atoms with van der Waals surface area (Å²) in [6, 6.07) is 5.37. The lowest BCUT2D eigenvalue weighted by Crippen LogP contribution is -2.34. The highest BCUT2D eigenvalue weighted by Gasteiger charge is 2.24. The molecule has 2 N–H and O–H groups in total. The number of carbonyl (C=O) groups excluding carboxylic acids is 1. The summed E-state index contributed by atoms with van der Waals surface area (Å²) in [6.45, 7) is 4.09. The average molecular weight is 333 g/mol. The van der Waals surface area contributed by atoms with Crippen molar-refractivity contribution in [3.63, 3.8) is 0 Å². The van der Waals surface area contributed by atoms with Gasteiger partial charge in [0.1, 0.15) is 11.5 Å². The molecule has 24 heavy (non-hydrogen) atoms. The Morgan fingerprint density at radius 1 is 1.29 bits per heavy atom. The van der Waals surface area contributed by atoms with E-state index in [0.29, 0.717) is 11.5 Å². The number of aromatic nitrogens is 2. The SMILES string of the molecule is CC(C)Cc1cc(C(=O)NC(C(=O)O)c2ccc(F)cc2)n(C)n1. The summed E-state index contributed by atoms with van der Waals surface area (Å²) in [7, 11) is 1.63. The molecule has 7 heteroatoms. The fourth-order valence-electron chi connectivity index (χ4n) is 2.41. The first-order valence-electron chi connectivity index (χ1n) is 7.60. The second kappa shape index (κ2) is 7.25. The maximum absolute atomic E-state index is 13.0. The molecule has 0 saturated heterocycles. The molecule has 0 aliphatic rings. The largest absolute Gasteiger partial charge is 0.479 e. The highest BCUT2D eigenvalue weighted by Crippen LogP contribution is 2.16. The number of aryl methyl sites for hydroxylation is 1. The van der Waals surface area contributed by atoms with Crippen molar-refractivity contribution in [3.8, 4) is 0 Å². The summed E-state index contributed by atoms with van der Waals surface area (Å²) in [4.78, 5) is 23.9. The molecular formula is C17H20FN3O3. The monoisotopic (exact) mass is 333 g/mol. The molecular weight excluding hydrogens is 313 g/mol. The van der Waals surface area contributed by atoms with Crippen molar-refractivity contribution in [1.29, 1.82) is 0 Å². The van der Waals surface area contributed by atoms with E-state index >= 15 is 0 Å². The highest BCUT2D eigenvalue weighted by molar-refractivity contribution is 5.95. The minimum atomic E-state index is -1.26. The molecule has 0 bridgehead atoms. The van der Waals surface area contributed by atoms with Crippen LogP contribution in [-0.2, 0) is 18.3 Å². The van der Waals surface area contributed by atoms with Gasteiger partial charge in [-0.3, -0.25) is 9.48 Å². The van der Waals surface area contributed by atoms with Crippen LogP contribution < -0.4 is 5.32 Å². The summed E-state index contributed by atoms with van der Waals surface area (Å²) in [5, 5.41) is 16.1. The number of amides is 1. The molecule has 0 saturated carbocycles. The molecule has 0 fully saturated rings. The number of carbonyl (C=O) groups is 2. The van der Waals surface area contributed by atoms with Gasteiger partial charge in [0.05, 0.1) is 5.69 Å². The molecule has 1 atom stereocenters. The van der Waals surface area contributed by atoms with Crippen LogP contribution in [0.15, 0.2) is 30.3 Å². The van der Waals surface area contributed by atoms with E-state index in [9.17, 15) is 19.1 Å². The maximum atomic E-state index is 13.0. The number of aliphatic carboxylic acids is 1. The molecule has 1 aromatic carbocycles. The zero-order chi connectivity index (χ0) is 17.9. The molecule has 0 aliphatic carbocycles. The lowest BCUT2D eigenvalue weighted by atomic mass is 10.1. The summed E-state index contributed by atoms with van der Waals surface area (Å²) >= 11 is 0. The Kier molecular flexibility index (Phi) is 5.33. The first-order chi connectivity index (χ1) is 11.3. The molecule has 1 unspecified atom stereocenters. The van der Waals surface area contributed by atoms with Crippen LogP contribution in [0.25, 0.3) is 0 Å². The predicted octanol–water partition coefficient (Wildman–Crippen LogP) is 2.31. The summed E-state index contributed by atoms with van der Waals surface area (Å²) < 4.78 is 14.4. The summed E-state index contributed by atoms with van der Waals surface area (Å²) in [5.41, 5.74) is 1.34. The van der Waals surface area contributed by atoms with Gasteiger partial charge in [-0.25, -0.2) is 9.18 Å².